The molecule has 0 aliphatic heterocycles. The second kappa shape index (κ2) is 7.14. The zero-order chi connectivity index (χ0) is 14.5. The van der Waals surface area contributed by atoms with Crippen LogP contribution in [0.4, 0.5) is 0 Å². The Hall–Kier alpha value is -0.000000000000000167. The zero-order valence-corrected chi connectivity index (χ0v) is 13.5. The number of hydrogen-bond donors (Lipinski definition) is 0. The van der Waals surface area contributed by atoms with E-state index in [4.69, 9.17) is 39.0 Å². The molecular formula is C12H15Cl3O3S. The van der Waals surface area contributed by atoms with Crippen LogP contribution in [0.3, 0.4) is 0 Å². The monoisotopic (exact) mass is 344 g/mol. The van der Waals surface area contributed by atoms with Crippen molar-refractivity contribution in [2.24, 2.45) is 5.41 Å². The molecule has 0 atom stereocenters. The Labute approximate surface area is 128 Å². The lowest BCUT2D eigenvalue weighted by molar-refractivity contribution is 0.212. The molecule has 108 valence electrons. The Bertz CT molecular complexity index is 487. The summed E-state index contributed by atoms with van der Waals surface area (Å²) in [6.07, 6.45) is 0. The first kappa shape index (κ1) is 17.1. The fourth-order valence-corrected chi connectivity index (χ4v) is 3.30. The maximum Gasteiger partial charge on any atom is 0.296 e. The average molecular weight is 346 g/mol. The molecule has 19 heavy (non-hydrogen) atoms. The van der Waals surface area contributed by atoms with Gasteiger partial charge in [0.05, 0.1) is 11.5 Å². The largest absolute Gasteiger partial charge is 0.296 e. The summed E-state index contributed by atoms with van der Waals surface area (Å²) in [7, 11) is -3.82. The lowest BCUT2D eigenvalue weighted by Gasteiger charge is -2.25. The van der Waals surface area contributed by atoms with Crippen LogP contribution in [0, 0.1) is 12.3 Å². The van der Waals surface area contributed by atoms with Gasteiger partial charge >= 0.3 is 0 Å². The Morgan fingerprint density at radius 3 is 1.95 bits per heavy atom. The zero-order valence-electron chi connectivity index (χ0n) is 10.4. The molecule has 0 spiro atoms. The van der Waals surface area contributed by atoms with Crippen LogP contribution in [-0.2, 0) is 14.3 Å². The van der Waals surface area contributed by atoms with Crippen molar-refractivity contribution < 1.29 is 12.6 Å². The molecule has 0 fully saturated rings. The van der Waals surface area contributed by atoms with Gasteiger partial charge in [0.2, 0.25) is 0 Å². The molecule has 0 aromatic heterocycles. The summed E-state index contributed by atoms with van der Waals surface area (Å²) in [6, 6.07) is 6.39. The van der Waals surface area contributed by atoms with Crippen LogP contribution < -0.4 is 0 Å². The van der Waals surface area contributed by atoms with E-state index in [1.165, 1.54) is 12.1 Å². The van der Waals surface area contributed by atoms with Crippen LogP contribution in [0.1, 0.15) is 5.56 Å². The number of halogens is 3. The molecule has 0 heterocycles. The molecule has 0 saturated carbocycles. The van der Waals surface area contributed by atoms with Crippen molar-refractivity contribution >= 4 is 44.9 Å². The van der Waals surface area contributed by atoms with Crippen molar-refractivity contribution in [1.29, 1.82) is 0 Å². The summed E-state index contributed by atoms with van der Waals surface area (Å²) >= 11 is 17.3. The second-order valence-corrected chi connectivity index (χ2v) is 6.85. The minimum atomic E-state index is -3.82. The SMILES string of the molecule is Cc1ccc(S(=O)(=O)OCC(CCl)(CCl)CCl)cc1. The van der Waals surface area contributed by atoms with Crippen molar-refractivity contribution in [3.63, 3.8) is 0 Å². The Morgan fingerprint density at radius 2 is 1.53 bits per heavy atom. The number of aryl methyl sites for hydroxylation is 1. The van der Waals surface area contributed by atoms with E-state index >= 15 is 0 Å². The van der Waals surface area contributed by atoms with Crippen LogP contribution >= 0.6 is 34.8 Å². The van der Waals surface area contributed by atoms with Crippen molar-refractivity contribution in [3.05, 3.63) is 29.8 Å². The molecule has 0 amide bonds. The first-order valence-corrected chi connectivity index (χ1v) is 8.54. The Balaban J connectivity index is 2.83. The number of alkyl halides is 3. The van der Waals surface area contributed by atoms with Gasteiger partial charge in [0.25, 0.3) is 10.1 Å². The van der Waals surface area contributed by atoms with E-state index in [0.717, 1.165) is 5.56 Å². The van der Waals surface area contributed by atoms with E-state index in [0.29, 0.717) is 0 Å². The second-order valence-electron chi connectivity index (χ2n) is 4.43. The highest BCUT2D eigenvalue weighted by molar-refractivity contribution is 7.86. The summed E-state index contributed by atoms with van der Waals surface area (Å²) in [5, 5.41) is 0. The quantitative estimate of drug-likeness (QED) is 0.562. The smallest absolute Gasteiger partial charge is 0.266 e. The first-order chi connectivity index (χ1) is 8.89. The molecule has 0 bridgehead atoms. The molecule has 7 heteroatoms. The summed E-state index contributed by atoms with van der Waals surface area (Å²) in [5.41, 5.74) is 0.221. The highest BCUT2D eigenvalue weighted by Gasteiger charge is 2.31. The summed E-state index contributed by atoms with van der Waals surface area (Å²) in [5.74, 6) is 0.385. The fourth-order valence-electron chi connectivity index (χ4n) is 1.20. The maximum absolute atomic E-state index is 12.0. The van der Waals surface area contributed by atoms with Crippen LogP contribution in [0.25, 0.3) is 0 Å². The van der Waals surface area contributed by atoms with E-state index in [1.807, 2.05) is 6.92 Å². The van der Waals surface area contributed by atoms with Gasteiger partial charge in [-0.2, -0.15) is 8.42 Å². The number of benzene rings is 1. The predicted octanol–water partition coefficient (Wildman–Crippen LogP) is 3.40. The van der Waals surface area contributed by atoms with Crippen molar-refractivity contribution in [2.45, 2.75) is 11.8 Å². The number of rotatable bonds is 7. The third kappa shape index (κ3) is 4.50. The third-order valence-electron chi connectivity index (χ3n) is 2.68. The van der Waals surface area contributed by atoms with Gasteiger partial charge in [-0.05, 0) is 19.1 Å². The molecule has 0 aliphatic rings. The van der Waals surface area contributed by atoms with Crippen LogP contribution in [0.5, 0.6) is 0 Å². The third-order valence-corrected chi connectivity index (χ3v) is 5.66. The van der Waals surface area contributed by atoms with Crippen LogP contribution in [-0.4, -0.2) is 32.7 Å². The van der Waals surface area contributed by atoms with E-state index < -0.39 is 15.5 Å². The molecule has 1 aromatic carbocycles. The molecule has 3 nitrogen and oxygen atoms in total. The standard InChI is InChI=1S/C12H15Cl3O3S/c1-10-2-4-11(5-3-10)19(16,17)18-9-12(6-13,7-14)8-15/h2-5H,6-9H2,1H3. The summed E-state index contributed by atoms with van der Waals surface area (Å²) in [4.78, 5) is 0.103. The summed E-state index contributed by atoms with van der Waals surface area (Å²) in [6.45, 7) is 1.73. The van der Waals surface area contributed by atoms with Gasteiger partial charge < -0.3 is 0 Å². The first-order valence-electron chi connectivity index (χ1n) is 5.53. The van der Waals surface area contributed by atoms with E-state index in [2.05, 4.69) is 0 Å². The highest BCUT2D eigenvalue weighted by Crippen LogP contribution is 2.26. The van der Waals surface area contributed by atoms with Crippen LogP contribution in [0.15, 0.2) is 29.2 Å². The molecule has 0 radical (unpaired) electrons. The molecule has 0 N–H and O–H groups in total. The summed E-state index contributed by atoms with van der Waals surface area (Å²) < 4.78 is 29.0. The number of hydrogen-bond acceptors (Lipinski definition) is 3. The molecule has 0 saturated heterocycles. The molecular weight excluding hydrogens is 331 g/mol. The topological polar surface area (TPSA) is 43.4 Å². The van der Waals surface area contributed by atoms with E-state index in [-0.39, 0.29) is 29.1 Å². The van der Waals surface area contributed by atoms with Crippen molar-refractivity contribution in [1.82, 2.24) is 0 Å². The Kier molecular flexibility index (Phi) is 6.40. The maximum atomic E-state index is 12.0. The minimum Gasteiger partial charge on any atom is -0.266 e. The average Bonchev–Trinajstić information content (AvgIpc) is 2.41. The van der Waals surface area contributed by atoms with Gasteiger partial charge in [0.1, 0.15) is 0 Å². The van der Waals surface area contributed by atoms with Gasteiger partial charge in [-0.1, -0.05) is 17.7 Å². The van der Waals surface area contributed by atoms with Gasteiger partial charge in [-0.15, -0.1) is 34.8 Å². The predicted molar refractivity (Wildman–Crippen MR) is 78.9 cm³/mol. The molecule has 0 aliphatic carbocycles. The normalized spacial score (nSPS) is 12.6. The van der Waals surface area contributed by atoms with E-state index in [1.54, 1.807) is 12.1 Å². The van der Waals surface area contributed by atoms with Crippen LogP contribution in [0.2, 0.25) is 0 Å². The molecule has 0 unspecified atom stereocenters. The van der Waals surface area contributed by atoms with Gasteiger partial charge in [-0.3, -0.25) is 4.18 Å². The lowest BCUT2D eigenvalue weighted by Crippen LogP contribution is -2.34. The highest BCUT2D eigenvalue weighted by atomic mass is 35.5. The van der Waals surface area contributed by atoms with Crippen molar-refractivity contribution in [2.75, 3.05) is 24.2 Å². The van der Waals surface area contributed by atoms with Gasteiger partial charge in [-0.25, -0.2) is 0 Å². The minimum absolute atomic E-state index is 0.103. The van der Waals surface area contributed by atoms with Crippen molar-refractivity contribution in [3.8, 4) is 0 Å². The lowest BCUT2D eigenvalue weighted by atomic mass is 9.98. The molecule has 1 rings (SSSR count). The Morgan fingerprint density at radius 1 is 1.05 bits per heavy atom. The van der Waals surface area contributed by atoms with E-state index in [9.17, 15) is 8.42 Å². The van der Waals surface area contributed by atoms with Gasteiger partial charge in [0, 0.05) is 23.1 Å². The van der Waals surface area contributed by atoms with Gasteiger partial charge in [0.15, 0.2) is 0 Å². The molecule has 1 aromatic rings. The fraction of sp³-hybridized carbons (Fsp3) is 0.500.